The first-order valence-corrected chi connectivity index (χ1v) is 14.3. The van der Waals surface area contributed by atoms with Gasteiger partial charge in [-0.15, -0.1) is 22.7 Å². The van der Waals surface area contributed by atoms with Crippen molar-refractivity contribution in [3.63, 3.8) is 0 Å². The van der Waals surface area contributed by atoms with Gasteiger partial charge in [0, 0.05) is 64.6 Å². The summed E-state index contributed by atoms with van der Waals surface area (Å²) in [5.41, 5.74) is 7.03. The maximum Gasteiger partial charge on any atom is 0.135 e. The molecule has 0 radical (unpaired) electrons. The summed E-state index contributed by atoms with van der Waals surface area (Å²) in [5.74, 6) is 0. The highest BCUT2D eigenvalue weighted by Crippen LogP contribution is 2.42. The fourth-order valence-electron chi connectivity index (χ4n) is 5.67. The van der Waals surface area contributed by atoms with Gasteiger partial charge in [-0.3, -0.25) is 4.98 Å². The minimum absolute atomic E-state index is 0.866. The molecule has 0 aliphatic carbocycles. The van der Waals surface area contributed by atoms with Crippen molar-refractivity contribution in [2.24, 2.45) is 0 Å². The van der Waals surface area contributed by atoms with Crippen LogP contribution in [0.15, 0.2) is 108 Å². The van der Waals surface area contributed by atoms with Gasteiger partial charge in [0.1, 0.15) is 17.5 Å². The number of pyridine rings is 1. The average Bonchev–Trinajstić information content (AvgIpc) is 3.67. The molecule has 0 amide bonds. The molecule has 182 valence electrons. The molecule has 9 rings (SSSR count). The Morgan fingerprint density at radius 3 is 2.10 bits per heavy atom. The van der Waals surface area contributed by atoms with Gasteiger partial charge < -0.3 is 4.42 Å². The van der Waals surface area contributed by atoms with Crippen LogP contribution in [0.25, 0.3) is 84.8 Å². The maximum absolute atomic E-state index is 6.26. The highest BCUT2D eigenvalue weighted by atomic mass is 32.1. The van der Waals surface area contributed by atoms with Crippen LogP contribution >= 0.6 is 22.7 Å². The van der Waals surface area contributed by atoms with Crippen molar-refractivity contribution in [3.05, 3.63) is 104 Å². The van der Waals surface area contributed by atoms with E-state index < -0.39 is 0 Å². The predicted molar refractivity (Wildman–Crippen MR) is 164 cm³/mol. The molecule has 4 nitrogen and oxygen atoms in total. The minimum Gasteiger partial charge on any atom is -0.456 e. The van der Waals surface area contributed by atoms with Crippen molar-refractivity contribution in [1.82, 2.24) is 15.0 Å². The Labute approximate surface area is 229 Å². The van der Waals surface area contributed by atoms with Crippen LogP contribution in [0.2, 0.25) is 0 Å². The van der Waals surface area contributed by atoms with E-state index in [0.29, 0.717) is 0 Å². The van der Waals surface area contributed by atoms with Crippen LogP contribution in [0, 0.1) is 0 Å². The van der Waals surface area contributed by atoms with E-state index in [-0.39, 0.29) is 0 Å². The monoisotopic (exact) mass is 535 g/mol. The lowest BCUT2D eigenvalue weighted by molar-refractivity contribution is 0.669. The van der Waals surface area contributed by atoms with Gasteiger partial charge in [0.2, 0.25) is 0 Å². The number of furan rings is 1. The first-order chi connectivity index (χ1) is 19.3. The van der Waals surface area contributed by atoms with Crippen molar-refractivity contribution in [1.29, 1.82) is 0 Å². The van der Waals surface area contributed by atoms with Gasteiger partial charge in [0.25, 0.3) is 0 Å². The molecule has 0 aliphatic heterocycles. The van der Waals surface area contributed by atoms with E-state index in [9.17, 15) is 0 Å². The van der Waals surface area contributed by atoms with E-state index in [1.165, 1.54) is 30.3 Å². The van der Waals surface area contributed by atoms with Gasteiger partial charge in [-0.1, -0.05) is 42.5 Å². The van der Waals surface area contributed by atoms with E-state index in [4.69, 9.17) is 9.40 Å². The van der Waals surface area contributed by atoms with E-state index in [2.05, 4.69) is 94.9 Å². The second-order valence-electron chi connectivity index (χ2n) is 9.68. The number of hydrogen-bond donors (Lipinski definition) is 0. The van der Waals surface area contributed by atoms with Crippen LogP contribution in [0.4, 0.5) is 0 Å². The van der Waals surface area contributed by atoms with Gasteiger partial charge in [-0.05, 0) is 48.0 Å². The molecule has 0 saturated heterocycles. The highest BCUT2D eigenvalue weighted by molar-refractivity contribution is 7.26. The first-order valence-electron chi connectivity index (χ1n) is 12.7. The van der Waals surface area contributed by atoms with Crippen molar-refractivity contribution in [3.8, 4) is 22.4 Å². The molecular formula is C33H17N3OS2. The van der Waals surface area contributed by atoms with E-state index in [1.807, 2.05) is 23.7 Å². The summed E-state index contributed by atoms with van der Waals surface area (Å²) < 4.78 is 11.1. The number of fused-ring (bicyclic) bond motifs is 9. The molecule has 9 aromatic rings. The van der Waals surface area contributed by atoms with Gasteiger partial charge >= 0.3 is 0 Å². The molecule has 0 spiro atoms. The lowest BCUT2D eigenvalue weighted by Crippen LogP contribution is -1.86. The average molecular weight is 536 g/mol. The zero-order chi connectivity index (χ0) is 25.5. The summed E-state index contributed by atoms with van der Waals surface area (Å²) in [6.07, 6.45) is 5.63. The summed E-state index contributed by atoms with van der Waals surface area (Å²) in [6.45, 7) is 0. The molecular weight excluding hydrogens is 519 g/mol. The SMILES string of the molecule is c1ccc2c(c1)sc1c(-c3ccc4oc5ccc(-c6ncnc7c6sc6ccccc67)cc5c4c3)cncc12. The number of hydrogen-bond acceptors (Lipinski definition) is 6. The lowest BCUT2D eigenvalue weighted by Gasteiger charge is -2.04. The smallest absolute Gasteiger partial charge is 0.135 e. The molecule has 0 saturated carbocycles. The molecule has 0 N–H and O–H groups in total. The Hall–Kier alpha value is -4.65. The van der Waals surface area contributed by atoms with Crippen LogP contribution in [0.3, 0.4) is 0 Å². The summed E-state index contributed by atoms with van der Waals surface area (Å²) >= 11 is 3.56. The number of aromatic nitrogens is 3. The quantitative estimate of drug-likeness (QED) is 0.221. The van der Waals surface area contributed by atoms with Gasteiger partial charge in [-0.2, -0.15) is 0 Å². The van der Waals surface area contributed by atoms with Crippen LogP contribution < -0.4 is 0 Å². The van der Waals surface area contributed by atoms with Crippen molar-refractivity contribution in [2.45, 2.75) is 0 Å². The van der Waals surface area contributed by atoms with Gasteiger partial charge in [-0.25, -0.2) is 9.97 Å². The van der Waals surface area contributed by atoms with Gasteiger partial charge in [0.05, 0.1) is 15.9 Å². The van der Waals surface area contributed by atoms with Crippen molar-refractivity contribution < 1.29 is 4.42 Å². The van der Waals surface area contributed by atoms with Crippen molar-refractivity contribution in [2.75, 3.05) is 0 Å². The second kappa shape index (κ2) is 7.93. The Bertz CT molecular complexity index is 2250. The lowest BCUT2D eigenvalue weighted by atomic mass is 10.0. The standard InChI is InChI=1S/C33H17N3OS2/c1-3-7-28-20(5-1)25-16-34-15-24(32(25)38-28)18-9-11-26-22(13-18)23-14-19(10-12-27(23)37-26)30-33-31(36-17-35-30)21-6-2-4-8-29(21)39-33/h1-17H. The zero-order valence-corrected chi connectivity index (χ0v) is 22.0. The zero-order valence-electron chi connectivity index (χ0n) is 20.4. The molecule has 4 aromatic carbocycles. The molecule has 0 fully saturated rings. The molecule has 0 aliphatic rings. The summed E-state index contributed by atoms with van der Waals surface area (Å²) in [6, 6.07) is 29.7. The second-order valence-corrected chi connectivity index (χ2v) is 11.8. The predicted octanol–water partition coefficient (Wildman–Crippen LogP) is 9.84. The number of benzene rings is 4. The Kier molecular flexibility index (Phi) is 4.33. The topological polar surface area (TPSA) is 51.8 Å². The number of nitrogens with zero attached hydrogens (tertiary/aromatic N) is 3. The third-order valence-corrected chi connectivity index (χ3v) is 9.88. The van der Waals surface area contributed by atoms with E-state index >= 15 is 0 Å². The molecule has 5 heterocycles. The molecule has 5 aromatic heterocycles. The van der Waals surface area contributed by atoms with Crippen molar-refractivity contribution >= 4 is 85.1 Å². The van der Waals surface area contributed by atoms with Crippen LogP contribution in [0.5, 0.6) is 0 Å². The third kappa shape index (κ3) is 3.07. The first kappa shape index (κ1) is 21.3. The minimum atomic E-state index is 0.866. The number of thiophene rings is 2. The maximum atomic E-state index is 6.26. The molecule has 39 heavy (non-hydrogen) atoms. The Morgan fingerprint density at radius 2 is 1.26 bits per heavy atom. The highest BCUT2D eigenvalue weighted by Gasteiger charge is 2.16. The van der Waals surface area contributed by atoms with Crippen LogP contribution in [-0.2, 0) is 0 Å². The van der Waals surface area contributed by atoms with Crippen LogP contribution in [-0.4, -0.2) is 15.0 Å². The van der Waals surface area contributed by atoms with Crippen LogP contribution in [0.1, 0.15) is 0 Å². The van der Waals surface area contributed by atoms with Gasteiger partial charge in [0.15, 0.2) is 0 Å². The Balaban J connectivity index is 1.26. The fraction of sp³-hybridized carbons (Fsp3) is 0. The normalized spacial score (nSPS) is 12.1. The summed E-state index contributed by atoms with van der Waals surface area (Å²) in [5, 5.41) is 5.79. The van der Waals surface area contributed by atoms with E-state index in [0.717, 1.165) is 54.5 Å². The Morgan fingerprint density at radius 1 is 0.564 bits per heavy atom. The summed E-state index contributed by atoms with van der Waals surface area (Å²) in [4.78, 5) is 14.0. The molecule has 6 heteroatoms. The molecule has 0 atom stereocenters. The number of rotatable bonds is 2. The molecule has 0 bridgehead atoms. The fourth-order valence-corrected chi connectivity index (χ4v) is 8.04. The summed E-state index contributed by atoms with van der Waals surface area (Å²) in [7, 11) is 0. The van der Waals surface area contributed by atoms with E-state index in [1.54, 1.807) is 17.7 Å². The molecule has 0 unspecified atom stereocenters. The third-order valence-electron chi connectivity index (χ3n) is 7.50. The largest absolute Gasteiger partial charge is 0.456 e.